The van der Waals surface area contributed by atoms with Gasteiger partial charge in [-0.15, -0.1) is 0 Å². The Labute approximate surface area is 106 Å². The van der Waals surface area contributed by atoms with E-state index in [0.29, 0.717) is 11.8 Å². The average molecular weight is 303 g/mol. The van der Waals surface area contributed by atoms with Crippen molar-refractivity contribution in [3.63, 3.8) is 0 Å². The van der Waals surface area contributed by atoms with Crippen LogP contribution in [-0.2, 0) is 4.74 Å². The number of rotatable bonds is 2. The molecule has 1 aromatic rings. The third kappa shape index (κ3) is 3.53. The number of carbonyl (C=O) groups is 1. The molecular weight excluding hydrogens is 294 g/mol. The van der Waals surface area contributed by atoms with E-state index in [-0.39, 0.29) is 5.56 Å². The molecule has 0 bridgehead atoms. The minimum Gasteiger partial charge on any atom is -0.465 e. The van der Waals surface area contributed by atoms with Crippen molar-refractivity contribution in [2.24, 2.45) is 0 Å². The molecule has 5 heteroatoms. The molecule has 17 heavy (non-hydrogen) atoms. The van der Waals surface area contributed by atoms with Crippen LogP contribution in [0.3, 0.4) is 0 Å². The number of benzene rings is 1. The lowest BCUT2D eigenvalue weighted by Gasteiger charge is -2.03. The predicted molar refractivity (Wildman–Crippen MR) is 63.0 cm³/mol. The highest BCUT2D eigenvalue weighted by atomic mass is 79.9. The molecule has 90 valence electrons. The van der Waals surface area contributed by atoms with Crippen LogP contribution < -0.4 is 0 Å². The molecule has 0 aliphatic carbocycles. The van der Waals surface area contributed by atoms with E-state index in [2.05, 4.69) is 32.5 Å². The van der Waals surface area contributed by atoms with Gasteiger partial charge in [0.25, 0.3) is 0 Å². The van der Waals surface area contributed by atoms with Crippen LogP contribution in [0.15, 0.2) is 12.1 Å². The van der Waals surface area contributed by atoms with E-state index in [1.165, 1.54) is 0 Å². The van der Waals surface area contributed by atoms with Crippen LogP contribution in [0.5, 0.6) is 0 Å². The second kappa shape index (κ2) is 6.36. The first-order chi connectivity index (χ1) is 8.10. The molecule has 0 aliphatic heterocycles. The highest BCUT2D eigenvalue weighted by Crippen LogP contribution is 2.16. The highest BCUT2D eigenvalue weighted by Gasteiger charge is 2.18. The van der Waals surface area contributed by atoms with E-state index >= 15 is 0 Å². The lowest BCUT2D eigenvalue weighted by molar-refractivity contribution is 0.0590. The standard InChI is InChI=1S/C12H9BrF2O2/c1-17-12(16)11-9(14)6-8(7-10(11)15)4-2-3-5-13/h6-7H,3,5H2,1H3. The van der Waals surface area contributed by atoms with Gasteiger partial charge in [-0.3, -0.25) is 0 Å². The predicted octanol–water partition coefficient (Wildman–Crippen LogP) is 2.89. The molecule has 0 heterocycles. The molecule has 0 radical (unpaired) electrons. The quantitative estimate of drug-likeness (QED) is 0.477. The summed E-state index contributed by atoms with van der Waals surface area (Å²) in [5, 5.41) is 0.686. The van der Waals surface area contributed by atoms with Crippen LogP contribution in [0.1, 0.15) is 22.3 Å². The SMILES string of the molecule is COC(=O)c1c(F)cc(C#CCCBr)cc1F. The van der Waals surface area contributed by atoms with E-state index < -0.39 is 23.2 Å². The molecule has 1 rings (SSSR count). The summed E-state index contributed by atoms with van der Waals surface area (Å²) in [5.41, 5.74) is -0.507. The minimum absolute atomic E-state index is 0.189. The maximum absolute atomic E-state index is 13.4. The molecule has 0 saturated heterocycles. The molecule has 0 fully saturated rings. The van der Waals surface area contributed by atoms with Crippen molar-refractivity contribution in [3.05, 3.63) is 34.9 Å². The van der Waals surface area contributed by atoms with Crippen molar-refractivity contribution >= 4 is 21.9 Å². The fourth-order valence-electron chi connectivity index (χ4n) is 1.15. The van der Waals surface area contributed by atoms with Gasteiger partial charge in [0.2, 0.25) is 0 Å². The van der Waals surface area contributed by atoms with Gasteiger partial charge in [-0.25, -0.2) is 13.6 Å². The van der Waals surface area contributed by atoms with E-state index in [4.69, 9.17) is 0 Å². The maximum atomic E-state index is 13.4. The van der Waals surface area contributed by atoms with Crippen molar-refractivity contribution in [2.45, 2.75) is 6.42 Å². The van der Waals surface area contributed by atoms with Gasteiger partial charge in [0.1, 0.15) is 17.2 Å². The van der Waals surface area contributed by atoms with E-state index in [0.717, 1.165) is 19.2 Å². The summed E-state index contributed by atoms with van der Waals surface area (Å²) >= 11 is 3.18. The molecule has 0 aromatic heterocycles. The number of hydrogen-bond acceptors (Lipinski definition) is 2. The number of ether oxygens (including phenoxy) is 1. The molecule has 0 aliphatic rings. The molecule has 0 N–H and O–H groups in total. The topological polar surface area (TPSA) is 26.3 Å². The fraction of sp³-hybridized carbons (Fsp3) is 0.250. The molecule has 0 spiro atoms. The largest absolute Gasteiger partial charge is 0.465 e. The number of hydrogen-bond donors (Lipinski definition) is 0. The first kappa shape index (κ1) is 13.7. The Hall–Kier alpha value is -1.41. The Morgan fingerprint density at radius 3 is 2.47 bits per heavy atom. The normalized spacial score (nSPS) is 9.41. The third-order valence-electron chi connectivity index (χ3n) is 1.88. The highest BCUT2D eigenvalue weighted by molar-refractivity contribution is 9.09. The van der Waals surface area contributed by atoms with Crippen LogP contribution in [0.25, 0.3) is 0 Å². The zero-order valence-corrected chi connectivity index (χ0v) is 10.6. The Kier molecular flexibility index (Phi) is 5.11. The zero-order chi connectivity index (χ0) is 12.8. The first-order valence-corrected chi connectivity index (χ1v) is 5.84. The van der Waals surface area contributed by atoms with Gasteiger partial charge in [-0.05, 0) is 12.1 Å². The Morgan fingerprint density at radius 1 is 1.41 bits per heavy atom. The van der Waals surface area contributed by atoms with E-state index in [1.807, 2.05) is 0 Å². The third-order valence-corrected chi connectivity index (χ3v) is 2.28. The maximum Gasteiger partial charge on any atom is 0.343 e. The van der Waals surface area contributed by atoms with Gasteiger partial charge in [0.15, 0.2) is 0 Å². The average Bonchev–Trinajstić information content (AvgIpc) is 2.28. The Balaban J connectivity index is 3.11. The zero-order valence-electron chi connectivity index (χ0n) is 9.02. The fourth-order valence-corrected chi connectivity index (χ4v) is 1.35. The minimum atomic E-state index is -1.04. The number of esters is 1. The van der Waals surface area contributed by atoms with Crippen molar-refractivity contribution in [2.75, 3.05) is 12.4 Å². The lowest BCUT2D eigenvalue weighted by atomic mass is 10.1. The smallest absolute Gasteiger partial charge is 0.343 e. The Bertz CT molecular complexity index is 466. The second-order valence-electron chi connectivity index (χ2n) is 3.05. The number of halogens is 3. The van der Waals surface area contributed by atoms with Gasteiger partial charge >= 0.3 is 5.97 Å². The molecule has 0 unspecified atom stereocenters. The molecule has 2 nitrogen and oxygen atoms in total. The Morgan fingerprint density at radius 2 is 2.00 bits per heavy atom. The molecule has 0 saturated carbocycles. The van der Waals surface area contributed by atoms with Gasteiger partial charge in [0, 0.05) is 17.3 Å². The van der Waals surface area contributed by atoms with Crippen LogP contribution >= 0.6 is 15.9 Å². The summed E-state index contributed by atoms with van der Waals surface area (Å²) in [7, 11) is 1.06. The van der Waals surface area contributed by atoms with Gasteiger partial charge in [0.05, 0.1) is 7.11 Å². The molecule has 1 aromatic carbocycles. The van der Waals surface area contributed by atoms with Crippen LogP contribution in [-0.4, -0.2) is 18.4 Å². The second-order valence-corrected chi connectivity index (χ2v) is 3.84. The van der Waals surface area contributed by atoms with Crippen molar-refractivity contribution in [1.29, 1.82) is 0 Å². The number of methoxy groups -OCH3 is 1. The van der Waals surface area contributed by atoms with Crippen molar-refractivity contribution < 1.29 is 18.3 Å². The van der Waals surface area contributed by atoms with Gasteiger partial charge < -0.3 is 4.74 Å². The summed E-state index contributed by atoms with van der Waals surface area (Å²) in [6.07, 6.45) is 0.571. The monoisotopic (exact) mass is 302 g/mol. The summed E-state index contributed by atoms with van der Waals surface area (Å²) in [4.78, 5) is 11.1. The lowest BCUT2D eigenvalue weighted by Crippen LogP contribution is -2.08. The summed E-state index contributed by atoms with van der Waals surface area (Å²) in [6, 6.07) is 2.02. The van der Waals surface area contributed by atoms with Crippen LogP contribution in [0, 0.1) is 23.5 Å². The summed E-state index contributed by atoms with van der Waals surface area (Å²) in [6.45, 7) is 0. The van der Waals surface area contributed by atoms with Gasteiger partial charge in [-0.1, -0.05) is 27.8 Å². The number of carbonyl (C=O) groups excluding carboxylic acids is 1. The van der Waals surface area contributed by atoms with Gasteiger partial charge in [-0.2, -0.15) is 0 Å². The van der Waals surface area contributed by atoms with Crippen molar-refractivity contribution in [1.82, 2.24) is 0 Å². The number of alkyl halides is 1. The summed E-state index contributed by atoms with van der Waals surface area (Å²) < 4.78 is 31.2. The van der Waals surface area contributed by atoms with Crippen LogP contribution in [0.4, 0.5) is 8.78 Å². The summed E-state index contributed by atoms with van der Waals surface area (Å²) in [5.74, 6) is 2.34. The van der Waals surface area contributed by atoms with Crippen LogP contribution in [0.2, 0.25) is 0 Å². The molecule has 0 atom stereocenters. The molecular formula is C12H9BrF2O2. The van der Waals surface area contributed by atoms with E-state index in [1.54, 1.807) is 0 Å². The van der Waals surface area contributed by atoms with E-state index in [9.17, 15) is 13.6 Å². The first-order valence-electron chi connectivity index (χ1n) is 4.72. The molecule has 0 amide bonds. The van der Waals surface area contributed by atoms with Crippen molar-refractivity contribution in [3.8, 4) is 11.8 Å².